The van der Waals surface area contributed by atoms with Crippen LogP contribution in [0.3, 0.4) is 0 Å². The number of halogens is 3. The fraction of sp³-hybridized carbons (Fsp3) is 0.357. The molecule has 2 aromatic carbocycles. The van der Waals surface area contributed by atoms with Crippen molar-refractivity contribution in [3.8, 4) is 0 Å². The van der Waals surface area contributed by atoms with E-state index in [1.807, 2.05) is 0 Å². The highest BCUT2D eigenvalue weighted by molar-refractivity contribution is 8.26. The predicted octanol–water partition coefficient (Wildman–Crippen LogP) is 6.48. The lowest BCUT2D eigenvalue weighted by molar-refractivity contribution is -0.137. The Morgan fingerprint density at radius 3 is 2.49 bits per heavy atom. The molecular weight excluding hydrogens is 547 g/mol. The number of anilines is 2. The average molecular weight is 576 g/mol. The van der Waals surface area contributed by atoms with Gasteiger partial charge in [-0.2, -0.15) is 13.2 Å². The second-order valence-corrected chi connectivity index (χ2v) is 11.1. The number of hydrogen-bond donors (Lipinski definition) is 1. The molecule has 3 amide bonds. The second kappa shape index (κ2) is 11.9. The Hall–Kier alpha value is -3.18. The maximum atomic E-state index is 13.6. The molecule has 2 aromatic rings. The van der Waals surface area contributed by atoms with E-state index in [-0.39, 0.29) is 22.1 Å². The summed E-state index contributed by atoms with van der Waals surface area (Å²) >= 11 is 6.60. The van der Waals surface area contributed by atoms with E-state index < -0.39 is 30.1 Å². The van der Waals surface area contributed by atoms with Crippen LogP contribution < -0.4 is 10.2 Å². The molecule has 1 fully saturated rings. The molecule has 0 aliphatic carbocycles. The number of nitrogens with zero attached hydrogens (tertiary/aromatic N) is 2. The summed E-state index contributed by atoms with van der Waals surface area (Å²) in [7, 11) is 0. The fourth-order valence-corrected chi connectivity index (χ4v) is 6.00. The van der Waals surface area contributed by atoms with Crippen LogP contribution in [0, 0.1) is 5.92 Å². The third-order valence-electron chi connectivity index (χ3n) is 6.76. The van der Waals surface area contributed by atoms with Crippen molar-refractivity contribution < 1.29 is 27.6 Å². The summed E-state index contributed by atoms with van der Waals surface area (Å²) in [6.45, 7) is 4.24. The first-order valence-corrected chi connectivity index (χ1v) is 13.9. The zero-order chi connectivity index (χ0) is 28.3. The van der Waals surface area contributed by atoms with Crippen molar-refractivity contribution in [1.82, 2.24) is 4.90 Å². The van der Waals surface area contributed by atoms with Gasteiger partial charge >= 0.3 is 6.18 Å². The monoisotopic (exact) mass is 575 g/mol. The lowest BCUT2D eigenvalue weighted by atomic mass is 9.98. The molecule has 2 aliphatic heterocycles. The Morgan fingerprint density at radius 1 is 1.05 bits per heavy atom. The van der Waals surface area contributed by atoms with Gasteiger partial charge in [0.05, 0.1) is 21.7 Å². The first-order chi connectivity index (χ1) is 18.5. The van der Waals surface area contributed by atoms with Crippen molar-refractivity contribution in [3.05, 3.63) is 64.6 Å². The molecule has 0 saturated carbocycles. The van der Waals surface area contributed by atoms with Crippen molar-refractivity contribution in [2.45, 2.75) is 45.7 Å². The number of para-hydroxylation sites is 1. The Kier molecular flexibility index (Phi) is 8.80. The summed E-state index contributed by atoms with van der Waals surface area (Å²) in [5.74, 6) is -1.24. The molecule has 0 bridgehead atoms. The van der Waals surface area contributed by atoms with Crippen LogP contribution >= 0.6 is 24.0 Å². The Balaban J connectivity index is 1.57. The number of carbonyl (C=O) groups is 3. The van der Waals surface area contributed by atoms with Gasteiger partial charge < -0.3 is 5.32 Å². The van der Waals surface area contributed by atoms with Crippen LogP contribution in [0.5, 0.6) is 0 Å². The summed E-state index contributed by atoms with van der Waals surface area (Å²) in [5.41, 5.74) is 0.194. The van der Waals surface area contributed by atoms with Crippen LogP contribution in [0.2, 0.25) is 0 Å². The zero-order valence-electron chi connectivity index (χ0n) is 21.5. The van der Waals surface area contributed by atoms with E-state index >= 15 is 0 Å². The highest BCUT2D eigenvalue weighted by atomic mass is 32.2. The van der Waals surface area contributed by atoms with Gasteiger partial charge in [-0.1, -0.05) is 81.4 Å². The number of alkyl halides is 3. The molecule has 2 aliphatic rings. The molecule has 206 valence electrons. The molecule has 0 spiro atoms. The second-order valence-electron chi connectivity index (χ2n) is 9.44. The topological polar surface area (TPSA) is 69.7 Å². The van der Waals surface area contributed by atoms with Crippen molar-refractivity contribution in [3.63, 3.8) is 0 Å². The van der Waals surface area contributed by atoms with E-state index in [0.29, 0.717) is 28.0 Å². The van der Waals surface area contributed by atoms with Gasteiger partial charge in [-0.25, -0.2) is 0 Å². The number of thiocarbonyl (C=S) groups is 1. The molecule has 1 N–H and O–H groups in total. The lowest BCUT2D eigenvalue weighted by Gasteiger charge is -2.21. The Morgan fingerprint density at radius 2 is 1.79 bits per heavy atom. The van der Waals surface area contributed by atoms with Gasteiger partial charge in [0.25, 0.3) is 11.8 Å². The molecule has 1 saturated heterocycles. The fourth-order valence-electron chi connectivity index (χ4n) is 4.66. The number of carbonyl (C=O) groups excluding carboxylic acids is 3. The first-order valence-electron chi connectivity index (χ1n) is 12.7. The van der Waals surface area contributed by atoms with Crippen molar-refractivity contribution in [2.24, 2.45) is 5.92 Å². The van der Waals surface area contributed by atoms with Gasteiger partial charge in [0.2, 0.25) is 5.91 Å². The minimum atomic E-state index is -4.56. The van der Waals surface area contributed by atoms with Crippen LogP contribution in [0.15, 0.2) is 53.4 Å². The summed E-state index contributed by atoms with van der Waals surface area (Å²) in [4.78, 5) is 42.9. The number of rotatable bonds is 9. The molecule has 39 heavy (non-hydrogen) atoms. The summed E-state index contributed by atoms with van der Waals surface area (Å²) in [5, 5.41) is 2.43. The number of benzene rings is 2. The van der Waals surface area contributed by atoms with Gasteiger partial charge in [0.1, 0.15) is 10.9 Å². The van der Waals surface area contributed by atoms with Crippen LogP contribution in [-0.4, -0.2) is 40.0 Å². The number of hydrogen-bond acceptors (Lipinski definition) is 5. The smallest absolute Gasteiger partial charge is 0.325 e. The average Bonchev–Trinajstić information content (AvgIpc) is 3.32. The maximum Gasteiger partial charge on any atom is 0.416 e. The van der Waals surface area contributed by atoms with Gasteiger partial charge in [-0.15, -0.1) is 0 Å². The third kappa shape index (κ3) is 6.19. The summed E-state index contributed by atoms with van der Waals surface area (Å²) < 4.78 is 39.6. The molecule has 0 aromatic heterocycles. The van der Waals surface area contributed by atoms with Crippen molar-refractivity contribution in [1.29, 1.82) is 0 Å². The number of unbranched alkanes of at least 4 members (excludes halogenated alkanes) is 1. The molecule has 0 radical (unpaired) electrons. The number of amides is 3. The minimum absolute atomic E-state index is 0.0376. The number of thioether (sulfide) groups is 1. The number of nitrogens with one attached hydrogen (secondary N) is 1. The highest BCUT2D eigenvalue weighted by Gasteiger charge is 2.42. The largest absolute Gasteiger partial charge is 0.416 e. The van der Waals surface area contributed by atoms with Crippen molar-refractivity contribution in [2.75, 3.05) is 23.3 Å². The van der Waals surface area contributed by atoms with E-state index in [1.165, 1.54) is 17.0 Å². The first kappa shape index (κ1) is 28.8. The molecule has 1 unspecified atom stereocenters. The van der Waals surface area contributed by atoms with Crippen LogP contribution in [0.4, 0.5) is 24.5 Å². The van der Waals surface area contributed by atoms with Crippen molar-refractivity contribution >= 4 is 63.0 Å². The van der Waals surface area contributed by atoms with E-state index in [0.717, 1.165) is 49.6 Å². The summed E-state index contributed by atoms with van der Waals surface area (Å²) in [6, 6.07) is 11.1. The number of fused-ring (bicyclic) bond motifs is 1. The Labute approximate surface area is 234 Å². The third-order valence-corrected chi connectivity index (χ3v) is 8.21. The van der Waals surface area contributed by atoms with Gasteiger partial charge in [0.15, 0.2) is 0 Å². The van der Waals surface area contributed by atoms with E-state index in [9.17, 15) is 27.6 Å². The normalized spacial score (nSPS) is 18.1. The van der Waals surface area contributed by atoms with Crippen LogP contribution in [0.25, 0.3) is 5.57 Å². The molecule has 6 nitrogen and oxygen atoms in total. The van der Waals surface area contributed by atoms with E-state index in [4.69, 9.17) is 12.2 Å². The van der Waals surface area contributed by atoms with Gasteiger partial charge in [0, 0.05) is 17.8 Å². The van der Waals surface area contributed by atoms with Crippen LogP contribution in [-0.2, 0) is 20.6 Å². The molecule has 11 heteroatoms. The molecule has 2 heterocycles. The maximum absolute atomic E-state index is 13.6. The quantitative estimate of drug-likeness (QED) is 0.274. The zero-order valence-corrected chi connectivity index (χ0v) is 23.1. The lowest BCUT2D eigenvalue weighted by Crippen LogP contribution is -2.36. The molecule has 4 rings (SSSR count). The SMILES string of the molecule is CCCCC(CC)CN1C(=O)/C(=C2/C(=O)N(CC(=O)Nc3cccc(C(F)(F)F)c3)c3ccccc32)SC1=S. The summed E-state index contributed by atoms with van der Waals surface area (Å²) in [6.07, 6.45) is -0.566. The molecular formula is C28H28F3N3O3S2. The van der Waals surface area contributed by atoms with Crippen LogP contribution in [0.1, 0.15) is 50.7 Å². The minimum Gasteiger partial charge on any atom is -0.325 e. The standard InChI is InChI=1S/C28H28F3N3O3S2/c1-3-5-9-17(4-2)15-34-26(37)24(39-27(34)38)23-20-12-6-7-13-21(20)33(25(23)36)16-22(35)32-19-11-8-10-18(14-19)28(29,30)31/h6-8,10-14,17H,3-5,9,15-16H2,1-2H3,(H,32,35)/b24-23-. The molecule has 1 atom stereocenters. The Bertz CT molecular complexity index is 1340. The van der Waals surface area contributed by atoms with E-state index in [2.05, 4.69) is 19.2 Å². The van der Waals surface area contributed by atoms with Gasteiger partial charge in [-0.3, -0.25) is 24.2 Å². The van der Waals surface area contributed by atoms with E-state index in [1.54, 1.807) is 29.2 Å². The van der Waals surface area contributed by atoms with Gasteiger partial charge in [-0.05, 0) is 36.6 Å². The predicted molar refractivity (Wildman–Crippen MR) is 151 cm³/mol. The highest BCUT2D eigenvalue weighted by Crippen LogP contribution is 2.44.